The largest absolute Gasteiger partial charge is 0.462 e. The second-order valence-electron chi connectivity index (χ2n) is 9.85. The fourth-order valence-electron chi connectivity index (χ4n) is 7.40. The van der Waals surface area contributed by atoms with Crippen LogP contribution >= 0.6 is 0 Å². The average Bonchev–Trinajstić information content (AvgIpc) is 2.97. The van der Waals surface area contributed by atoms with Gasteiger partial charge in [0.2, 0.25) is 0 Å². The van der Waals surface area contributed by atoms with Gasteiger partial charge in [0.15, 0.2) is 0 Å². The predicted octanol–water partition coefficient (Wildman–Crippen LogP) is 3.79. The Labute approximate surface area is 167 Å². The molecule has 5 heteroatoms. The number of allylic oxidation sites excluding steroid dienone is 1. The quantitative estimate of drug-likeness (QED) is 0.586. The van der Waals surface area contributed by atoms with E-state index in [-0.39, 0.29) is 41.6 Å². The van der Waals surface area contributed by atoms with Crippen molar-refractivity contribution in [2.75, 3.05) is 6.61 Å². The zero-order chi connectivity index (χ0) is 20.1. The molecule has 4 aliphatic carbocycles. The summed E-state index contributed by atoms with van der Waals surface area (Å²) in [6, 6.07) is 0. The number of carbonyl (C=O) groups excluding carboxylic acids is 2. The van der Waals surface area contributed by atoms with Crippen molar-refractivity contribution in [2.24, 2.45) is 28.6 Å². The molecule has 4 aliphatic rings. The first-order valence-corrected chi connectivity index (χ1v) is 10.9. The van der Waals surface area contributed by atoms with Crippen molar-refractivity contribution in [1.29, 1.82) is 0 Å². The van der Waals surface area contributed by atoms with E-state index in [0.29, 0.717) is 17.8 Å². The van der Waals surface area contributed by atoms with Crippen molar-refractivity contribution in [2.45, 2.75) is 84.3 Å². The third-order valence-electron chi connectivity index (χ3n) is 8.62. The van der Waals surface area contributed by atoms with Gasteiger partial charge in [-0.1, -0.05) is 18.6 Å². The molecule has 0 aliphatic heterocycles. The molecule has 0 saturated heterocycles. The van der Waals surface area contributed by atoms with Gasteiger partial charge in [-0.3, -0.25) is 9.59 Å². The first-order chi connectivity index (χ1) is 13.3. The van der Waals surface area contributed by atoms with Crippen LogP contribution in [0.5, 0.6) is 0 Å². The van der Waals surface area contributed by atoms with E-state index in [2.05, 4.69) is 13.0 Å². The molecule has 5 nitrogen and oxygen atoms in total. The summed E-state index contributed by atoms with van der Waals surface area (Å²) in [4.78, 5) is 23.0. The van der Waals surface area contributed by atoms with E-state index < -0.39 is 0 Å². The fourth-order valence-corrected chi connectivity index (χ4v) is 7.40. The number of hydrogen-bond donors (Lipinski definition) is 1. The number of carbonyl (C=O) groups is 2. The zero-order valence-electron chi connectivity index (χ0n) is 17.4. The molecular formula is C23H34O5. The van der Waals surface area contributed by atoms with E-state index in [0.717, 1.165) is 51.4 Å². The van der Waals surface area contributed by atoms with Crippen molar-refractivity contribution in [3.63, 3.8) is 0 Å². The van der Waals surface area contributed by atoms with Crippen molar-refractivity contribution >= 4 is 11.9 Å². The van der Waals surface area contributed by atoms with Gasteiger partial charge in [-0.15, -0.1) is 0 Å². The molecule has 4 rings (SSSR count). The van der Waals surface area contributed by atoms with Gasteiger partial charge in [0.1, 0.15) is 12.2 Å². The van der Waals surface area contributed by atoms with E-state index >= 15 is 0 Å². The summed E-state index contributed by atoms with van der Waals surface area (Å²) in [5.74, 6) is 1.18. The lowest BCUT2D eigenvalue weighted by Crippen LogP contribution is -2.54. The van der Waals surface area contributed by atoms with Crippen LogP contribution in [0.4, 0.5) is 0 Å². The lowest BCUT2D eigenvalue weighted by molar-refractivity contribution is -0.158. The number of rotatable bonds is 3. The van der Waals surface area contributed by atoms with Crippen LogP contribution in [-0.2, 0) is 19.1 Å². The Kier molecular flexibility index (Phi) is 5.09. The highest BCUT2D eigenvalue weighted by Crippen LogP contribution is 2.65. The average molecular weight is 391 g/mol. The molecule has 0 unspecified atom stereocenters. The van der Waals surface area contributed by atoms with Crippen LogP contribution in [0, 0.1) is 28.6 Å². The Balaban J connectivity index is 1.59. The van der Waals surface area contributed by atoms with Gasteiger partial charge < -0.3 is 14.6 Å². The van der Waals surface area contributed by atoms with Crippen molar-refractivity contribution in [3.8, 4) is 0 Å². The maximum atomic E-state index is 11.6. The lowest BCUT2D eigenvalue weighted by atomic mass is 9.47. The smallest absolute Gasteiger partial charge is 0.302 e. The summed E-state index contributed by atoms with van der Waals surface area (Å²) in [7, 11) is 0. The molecule has 156 valence electrons. The van der Waals surface area contributed by atoms with Crippen LogP contribution < -0.4 is 0 Å². The Morgan fingerprint density at radius 2 is 1.82 bits per heavy atom. The van der Waals surface area contributed by atoms with Gasteiger partial charge in [0.25, 0.3) is 0 Å². The summed E-state index contributed by atoms with van der Waals surface area (Å²) in [6.07, 6.45) is 10.0. The fraction of sp³-hybridized carbons (Fsp3) is 0.826. The second kappa shape index (κ2) is 7.16. The van der Waals surface area contributed by atoms with Gasteiger partial charge in [0.05, 0.1) is 6.61 Å². The number of fused-ring (bicyclic) bond motifs is 5. The van der Waals surface area contributed by atoms with E-state index in [1.165, 1.54) is 19.4 Å². The third kappa shape index (κ3) is 3.01. The van der Waals surface area contributed by atoms with E-state index in [9.17, 15) is 14.7 Å². The van der Waals surface area contributed by atoms with Gasteiger partial charge in [-0.25, -0.2) is 0 Å². The number of esters is 2. The molecule has 0 radical (unpaired) electrons. The molecule has 0 aromatic rings. The topological polar surface area (TPSA) is 72.8 Å². The number of aliphatic hydroxyl groups is 1. The molecule has 0 heterocycles. The number of hydrogen-bond acceptors (Lipinski definition) is 5. The molecule has 0 amide bonds. The van der Waals surface area contributed by atoms with Crippen molar-refractivity contribution in [3.05, 3.63) is 11.6 Å². The summed E-state index contributed by atoms with van der Waals surface area (Å²) >= 11 is 0. The van der Waals surface area contributed by atoms with Crippen LogP contribution in [0.3, 0.4) is 0 Å². The van der Waals surface area contributed by atoms with Crippen LogP contribution in [0.1, 0.15) is 72.1 Å². The van der Waals surface area contributed by atoms with Crippen LogP contribution in [0.25, 0.3) is 0 Å². The monoisotopic (exact) mass is 390 g/mol. The molecule has 0 aromatic carbocycles. The minimum Gasteiger partial charge on any atom is -0.462 e. The van der Waals surface area contributed by atoms with Gasteiger partial charge in [-0.05, 0) is 62.7 Å². The SMILES string of the molecule is CC(=O)O[C@H]1CC[C@@]2(CO)C(=CC[C@@H]3[C@@H]2CC[C@]2(C)[C@@H](OC(C)=O)CC[C@@H]32)C1. The van der Waals surface area contributed by atoms with E-state index in [1.54, 1.807) is 0 Å². The minimum absolute atomic E-state index is 0.0334. The Morgan fingerprint density at radius 1 is 1.07 bits per heavy atom. The molecule has 0 bridgehead atoms. The highest BCUT2D eigenvalue weighted by atomic mass is 16.5. The maximum Gasteiger partial charge on any atom is 0.302 e. The molecule has 7 atom stereocenters. The minimum atomic E-state index is -0.216. The molecule has 3 saturated carbocycles. The Bertz CT molecular complexity index is 684. The third-order valence-corrected chi connectivity index (χ3v) is 8.62. The standard InChI is InChI=1S/C23H34O5/c1-14(25)27-17-8-11-23(13-24)16(12-17)4-5-18-19-6-7-21(28-15(2)26)22(19,3)10-9-20(18)23/h4,17-21,24H,5-13H2,1-3H3/t17-,18-,19-,20-,21-,22-,23+/m0/s1. The van der Waals surface area contributed by atoms with Crippen LogP contribution in [0.15, 0.2) is 11.6 Å². The van der Waals surface area contributed by atoms with E-state index in [1.807, 2.05) is 0 Å². The first kappa shape index (κ1) is 19.9. The van der Waals surface area contributed by atoms with Gasteiger partial charge in [-0.2, -0.15) is 0 Å². The summed E-state index contributed by atoms with van der Waals surface area (Å²) in [6.45, 7) is 5.49. The second-order valence-corrected chi connectivity index (χ2v) is 9.85. The predicted molar refractivity (Wildman–Crippen MR) is 104 cm³/mol. The maximum absolute atomic E-state index is 11.6. The summed E-state index contributed by atoms with van der Waals surface area (Å²) in [5.41, 5.74) is 1.22. The molecule has 1 N–H and O–H groups in total. The highest BCUT2D eigenvalue weighted by Gasteiger charge is 2.60. The normalized spacial score (nSPS) is 44.6. The Morgan fingerprint density at radius 3 is 2.50 bits per heavy atom. The molecular weight excluding hydrogens is 356 g/mol. The summed E-state index contributed by atoms with van der Waals surface area (Å²) < 4.78 is 11.2. The lowest BCUT2D eigenvalue weighted by Gasteiger charge is -2.58. The summed E-state index contributed by atoms with van der Waals surface area (Å²) in [5, 5.41) is 10.5. The van der Waals surface area contributed by atoms with Crippen molar-refractivity contribution in [1.82, 2.24) is 0 Å². The van der Waals surface area contributed by atoms with Gasteiger partial charge in [0, 0.05) is 31.1 Å². The molecule has 28 heavy (non-hydrogen) atoms. The van der Waals surface area contributed by atoms with Gasteiger partial charge >= 0.3 is 11.9 Å². The molecule has 0 aromatic heterocycles. The first-order valence-electron chi connectivity index (χ1n) is 10.9. The van der Waals surface area contributed by atoms with E-state index in [4.69, 9.17) is 9.47 Å². The molecule has 3 fully saturated rings. The Hall–Kier alpha value is -1.36. The zero-order valence-corrected chi connectivity index (χ0v) is 17.4. The van der Waals surface area contributed by atoms with Crippen LogP contribution in [-0.4, -0.2) is 35.9 Å². The van der Waals surface area contributed by atoms with Crippen molar-refractivity contribution < 1.29 is 24.2 Å². The number of ether oxygens (including phenoxy) is 2. The van der Waals surface area contributed by atoms with Crippen LogP contribution in [0.2, 0.25) is 0 Å². The molecule has 0 spiro atoms. The number of aliphatic hydroxyl groups excluding tert-OH is 1. The highest BCUT2D eigenvalue weighted by molar-refractivity contribution is 5.66.